The molecule has 1 unspecified atom stereocenters. The van der Waals surface area contributed by atoms with E-state index in [4.69, 9.17) is 4.74 Å². The van der Waals surface area contributed by atoms with Crippen molar-refractivity contribution in [3.63, 3.8) is 0 Å². The number of ether oxygens (including phenoxy) is 1. The molecular formula is C26H23F2NO3. The van der Waals surface area contributed by atoms with Crippen LogP contribution in [0.25, 0.3) is 0 Å². The highest BCUT2D eigenvalue weighted by Gasteiger charge is 2.56. The van der Waals surface area contributed by atoms with Crippen LogP contribution in [-0.2, 0) is 19.9 Å². The van der Waals surface area contributed by atoms with Crippen molar-refractivity contribution in [3.8, 4) is 0 Å². The standard InChI is InChI=1S/C26H23F2NO3/c1-2-32-23(30)16-22-24(17-6-4-3-5-7-17)26(29-25(22)31,18-8-12-20(27)13-9-18)19-10-14-21(28)15-11-19/h3-15,22,24H,2,16H2,1H3,(H,29,31)/t22-,24?/m0/s1. The van der Waals surface area contributed by atoms with E-state index in [9.17, 15) is 18.4 Å². The summed E-state index contributed by atoms with van der Waals surface area (Å²) in [5.41, 5.74) is 0.976. The van der Waals surface area contributed by atoms with Gasteiger partial charge in [0.1, 0.15) is 11.6 Å². The summed E-state index contributed by atoms with van der Waals surface area (Å²) in [5.74, 6) is -2.86. The fourth-order valence-electron chi connectivity index (χ4n) is 4.67. The molecule has 1 fully saturated rings. The summed E-state index contributed by atoms with van der Waals surface area (Å²) in [6.07, 6.45) is -0.108. The number of carbonyl (C=O) groups is 2. The maximum Gasteiger partial charge on any atom is 0.306 e. The van der Waals surface area contributed by atoms with Crippen LogP contribution in [0.4, 0.5) is 8.78 Å². The lowest BCUT2D eigenvalue weighted by molar-refractivity contribution is -0.146. The molecule has 0 saturated carbocycles. The molecule has 1 N–H and O–H groups in total. The van der Waals surface area contributed by atoms with E-state index in [1.807, 2.05) is 30.3 Å². The van der Waals surface area contributed by atoms with Crippen LogP contribution in [-0.4, -0.2) is 18.5 Å². The Kier molecular flexibility index (Phi) is 6.04. The number of benzene rings is 3. The molecule has 0 spiro atoms. The van der Waals surface area contributed by atoms with Crippen molar-refractivity contribution in [2.45, 2.75) is 24.8 Å². The number of rotatable bonds is 6. The Morgan fingerprint density at radius 2 is 1.44 bits per heavy atom. The number of carbonyl (C=O) groups excluding carboxylic acids is 2. The van der Waals surface area contributed by atoms with Gasteiger partial charge < -0.3 is 10.1 Å². The zero-order valence-corrected chi connectivity index (χ0v) is 17.6. The molecule has 4 rings (SSSR count). The molecule has 3 aromatic carbocycles. The predicted octanol–water partition coefficient (Wildman–Crippen LogP) is 4.69. The third-order valence-electron chi connectivity index (χ3n) is 5.98. The van der Waals surface area contributed by atoms with Crippen LogP contribution in [0, 0.1) is 17.6 Å². The quantitative estimate of drug-likeness (QED) is 0.572. The molecule has 0 aromatic heterocycles. The van der Waals surface area contributed by atoms with Gasteiger partial charge in [0.15, 0.2) is 0 Å². The Bertz CT molecular complexity index is 1050. The molecule has 164 valence electrons. The van der Waals surface area contributed by atoms with Crippen molar-refractivity contribution in [2.75, 3.05) is 6.61 Å². The zero-order valence-electron chi connectivity index (χ0n) is 17.6. The smallest absolute Gasteiger partial charge is 0.306 e. The summed E-state index contributed by atoms with van der Waals surface area (Å²) in [6, 6.07) is 21.1. The van der Waals surface area contributed by atoms with Crippen molar-refractivity contribution in [1.82, 2.24) is 5.32 Å². The van der Waals surface area contributed by atoms with Crippen LogP contribution in [0.5, 0.6) is 0 Å². The molecule has 0 radical (unpaired) electrons. The minimum Gasteiger partial charge on any atom is -0.466 e. The summed E-state index contributed by atoms with van der Waals surface area (Å²) in [7, 11) is 0. The molecule has 4 nitrogen and oxygen atoms in total. The van der Waals surface area contributed by atoms with Crippen LogP contribution in [0.1, 0.15) is 36.0 Å². The van der Waals surface area contributed by atoms with E-state index in [2.05, 4.69) is 5.32 Å². The first-order chi connectivity index (χ1) is 15.5. The van der Waals surface area contributed by atoms with Crippen molar-refractivity contribution < 1.29 is 23.1 Å². The molecule has 1 aliphatic heterocycles. The van der Waals surface area contributed by atoms with E-state index in [0.29, 0.717) is 11.1 Å². The van der Waals surface area contributed by atoms with Gasteiger partial charge in [-0.25, -0.2) is 8.78 Å². The molecule has 2 atom stereocenters. The van der Waals surface area contributed by atoms with Crippen LogP contribution >= 0.6 is 0 Å². The van der Waals surface area contributed by atoms with Crippen molar-refractivity contribution in [2.24, 2.45) is 5.92 Å². The molecule has 3 aromatic rings. The second-order valence-electron chi connectivity index (χ2n) is 7.82. The first-order valence-electron chi connectivity index (χ1n) is 10.5. The highest BCUT2D eigenvalue weighted by Crippen LogP contribution is 2.52. The van der Waals surface area contributed by atoms with Gasteiger partial charge in [0.05, 0.1) is 24.5 Å². The summed E-state index contributed by atoms with van der Waals surface area (Å²) in [6.45, 7) is 1.92. The maximum absolute atomic E-state index is 13.8. The van der Waals surface area contributed by atoms with E-state index >= 15 is 0 Å². The number of esters is 1. The highest BCUT2D eigenvalue weighted by atomic mass is 19.1. The Morgan fingerprint density at radius 1 is 0.906 bits per heavy atom. The SMILES string of the molecule is CCOC(=O)C[C@@H]1C(=O)NC(c2ccc(F)cc2)(c2ccc(F)cc2)C1c1ccccc1. The van der Waals surface area contributed by atoms with Gasteiger partial charge in [-0.1, -0.05) is 54.6 Å². The third kappa shape index (κ3) is 3.88. The first-order valence-corrected chi connectivity index (χ1v) is 10.5. The van der Waals surface area contributed by atoms with Crippen LogP contribution in [0.3, 0.4) is 0 Å². The Labute approximate surface area is 185 Å². The van der Waals surface area contributed by atoms with Gasteiger partial charge >= 0.3 is 5.97 Å². The van der Waals surface area contributed by atoms with Gasteiger partial charge in [-0.2, -0.15) is 0 Å². The van der Waals surface area contributed by atoms with Gasteiger partial charge in [0, 0.05) is 5.92 Å². The highest BCUT2D eigenvalue weighted by molar-refractivity contribution is 5.89. The summed E-state index contributed by atoms with van der Waals surface area (Å²) in [5, 5.41) is 3.09. The van der Waals surface area contributed by atoms with E-state index in [0.717, 1.165) is 5.56 Å². The average molecular weight is 435 g/mol. The second-order valence-corrected chi connectivity index (χ2v) is 7.82. The number of amides is 1. The summed E-state index contributed by atoms with van der Waals surface area (Å²) < 4.78 is 32.7. The summed E-state index contributed by atoms with van der Waals surface area (Å²) >= 11 is 0. The Hall–Kier alpha value is -3.54. The van der Waals surface area contributed by atoms with Crippen molar-refractivity contribution in [1.29, 1.82) is 0 Å². The average Bonchev–Trinajstić information content (AvgIpc) is 3.08. The van der Waals surface area contributed by atoms with Gasteiger partial charge in [-0.15, -0.1) is 0 Å². The zero-order chi connectivity index (χ0) is 22.7. The molecule has 0 aliphatic carbocycles. The van der Waals surface area contributed by atoms with E-state index in [-0.39, 0.29) is 18.9 Å². The van der Waals surface area contributed by atoms with Gasteiger partial charge in [-0.3, -0.25) is 9.59 Å². The normalized spacial score (nSPS) is 19.4. The monoisotopic (exact) mass is 435 g/mol. The molecule has 32 heavy (non-hydrogen) atoms. The van der Waals surface area contributed by atoms with E-state index in [1.54, 1.807) is 31.2 Å². The lowest BCUT2D eigenvalue weighted by Gasteiger charge is -2.38. The molecular weight excluding hydrogens is 412 g/mol. The van der Waals surface area contributed by atoms with Crippen LogP contribution in [0.15, 0.2) is 78.9 Å². The molecule has 1 aliphatic rings. The van der Waals surface area contributed by atoms with Gasteiger partial charge in [0.25, 0.3) is 0 Å². The first kappa shape index (κ1) is 21.7. The van der Waals surface area contributed by atoms with E-state index in [1.165, 1.54) is 24.3 Å². The fraction of sp³-hybridized carbons (Fsp3) is 0.231. The third-order valence-corrected chi connectivity index (χ3v) is 5.98. The Morgan fingerprint density at radius 3 is 1.94 bits per heavy atom. The lowest BCUT2D eigenvalue weighted by Crippen LogP contribution is -2.43. The second kappa shape index (κ2) is 8.91. The molecule has 1 amide bonds. The molecule has 6 heteroatoms. The maximum atomic E-state index is 13.8. The van der Waals surface area contributed by atoms with Gasteiger partial charge in [0.2, 0.25) is 5.91 Å². The lowest BCUT2D eigenvalue weighted by atomic mass is 9.68. The fourth-order valence-corrected chi connectivity index (χ4v) is 4.67. The number of hydrogen-bond donors (Lipinski definition) is 1. The minimum atomic E-state index is -1.13. The molecule has 0 bridgehead atoms. The largest absolute Gasteiger partial charge is 0.466 e. The number of halogens is 2. The summed E-state index contributed by atoms with van der Waals surface area (Å²) in [4.78, 5) is 25.7. The van der Waals surface area contributed by atoms with Crippen molar-refractivity contribution >= 4 is 11.9 Å². The van der Waals surface area contributed by atoms with Crippen LogP contribution < -0.4 is 5.32 Å². The molecule has 1 saturated heterocycles. The van der Waals surface area contributed by atoms with E-state index < -0.39 is 35.0 Å². The number of nitrogens with one attached hydrogen (secondary N) is 1. The van der Waals surface area contributed by atoms with Gasteiger partial charge in [-0.05, 0) is 47.9 Å². The van der Waals surface area contributed by atoms with Crippen molar-refractivity contribution in [3.05, 3.63) is 107 Å². The topological polar surface area (TPSA) is 55.4 Å². The minimum absolute atomic E-state index is 0.108. The van der Waals surface area contributed by atoms with Crippen LogP contribution in [0.2, 0.25) is 0 Å². The predicted molar refractivity (Wildman–Crippen MR) is 116 cm³/mol. The molecule has 1 heterocycles. The Balaban J connectivity index is 1.95. The number of hydrogen-bond acceptors (Lipinski definition) is 3.